The number of hydrogen-bond donors (Lipinski definition) is 2. The fourth-order valence-electron chi connectivity index (χ4n) is 2.14. The number of nitrogens with one attached hydrogen (secondary N) is 1. The number of amides is 1. The minimum absolute atomic E-state index is 0. The Morgan fingerprint density at radius 1 is 1.48 bits per heavy atom. The lowest BCUT2D eigenvalue weighted by atomic mass is 9.96. The Hall–Kier alpha value is -0.980. The average molecular weight is 380 g/mol. The third-order valence-electron chi connectivity index (χ3n) is 3.23. The van der Waals surface area contributed by atoms with Crippen molar-refractivity contribution < 1.29 is 14.3 Å². The fourth-order valence-corrected chi connectivity index (χ4v) is 2.74. The van der Waals surface area contributed by atoms with Gasteiger partial charge >= 0.3 is 0 Å². The molecule has 1 unspecified atom stereocenters. The summed E-state index contributed by atoms with van der Waals surface area (Å²) in [6.45, 7) is 4.39. The van der Waals surface area contributed by atoms with Crippen molar-refractivity contribution in [2.24, 2.45) is 5.73 Å². The molecular weight excluding hydrogens is 360 g/mol. The quantitative estimate of drug-likeness (QED) is 0.825. The van der Waals surface area contributed by atoms with E-state index in [1.54, 1.807) is 6.92 Å². The molecule has 2 rings (SSSR count). The maximum Gasteiger partial charge on any atom is 0.240 e. The first-order valence-electron chi connectivity index (χ1n) is 6.59. The SMILES string of the molecule is CCCC(C)(N)C(=O)NCc1cc(Br)c2c(c1)OCO2.Cl. The molecule has 1 heterocycles. The van der Waals surface area contributed by atoms with Gasteiger partial charge in [0.15, 0.2) is 11.5 Å². The molecule has 0 fully saturated rings. The molecule has 0 saturated carbocycles. The normalized spacial score (nSPS) is 15.0. The van der Waals surface area contributed by atoms with Crippen LogP contribution in [0.1, 0.15) is 32.3 Å². The van der Waals surface area contributed by atoms with Crippen LogP contribution in [0.5, 0.6) is 11.5 Å². The lowest BCUT2D eigenvalue weighted by molar-refractivity contribution is -0.126. The number of hydrogen-bond acceptors (Lipinski definition) is 4. The van der Waals surface area contributed by atoms with Crippen LogP contribution in [-0.4, -0.2) is 18.2 Å². The first-order chi connectivity index (χ1) is 9.44. The van der Waals surface area contributed by atoms with Crippen molar-refractivity contribution in [3.05, 3.63) is 22.2 Å². The van der Waals surface area contributed by atoms with E-state index in [9.17, 15) is 4.79 Å². The molecule has 0 aromatic heterocycles. The van der Waals surface area contributed by atoms with Gasteiger partial charge in [-0.25, -0.2) is 0 Å². The number of benzene rings is 1. The van der Waals surface area contributed by atoms with Crippen molar-refractivity contribution in [3.8, 4) is 11.5 Å². The molecule has 1 aliphatic heterocycles. The summed E-state index contributed by atoms with van der Waals surface area (Å²) in [5.41, 5.74) is 6.09. The van der Waals surface area contributed by atoms with E-state index >= 15 is 0 Å². The summed E-state index contributed by atoms with van der Waals surface area (Å²) in [7, 11) is 0. The van der Waals surface area contributed by atoms with Crippen molar-refractivity contribution in [1.29, 1.82) is 0 Å². The molecule has 1 aromatic carbocycles. The zero-order valence-electron chi connectivity index (χ0n) is 12.1. The first kappa shape index (κ1) is 18.1. The van der Waals surface area contributed by atoms with Crippen LogP contribution in [0.4, 0.5) is 0 Å². The Kier molecular flexibility index (Phi) is 6.31. The van der Waals surface area contributed by atoms with E-state index in [4.69, 9.17) is 15.2 Å². The van der Waals surface area contributed by atoms with Crippen LogP contribution in [0.2, 0.25) is 0 Å². The van der Waals surface area contributed by atoms with Gasteiger partial charge in [0.1, 0.15) is 0 Å². The monoisotopic (exact) mass is 378 g/mol. The molecule has 1 aliphatic rings. The molecule has 1 aromatic rings. The molecular formula is C14H20BrClN2O3. The smallest absolute Gasteiger partial charge is 0.240 e. The van der Waals surface area contributed by atoms with Crippen LogP contribution in [0.15, 0.2) is 16.6 Å². The molecule has 1 atom stereocenters. The number of carbonyl (C=O) groups is 1. The summed E-state index contributed by atoms with van der Waals surface area (Å²) in [4.78, 5) is 12.0. The molecule has 7 heteroatoms. The Morgan fingerprint density at radius 3 is 2.86 bits per heavy atom. The molecule has 0 bridgehead atoms. The van der Waals surface area contributed by atoms with Crippen LogP contribution < -0.4 is 20.5 Å². The van der Waals surface area contributed by atoms with E-state index < -0.39 is 5.54 Å². The van der Waals surface area contributed by atoms with Crippen LogP contribution in [0, 0.1) is 0 Å². The number of halogens is 2. The second kappa shape index (κ2) is 7.33. The highest BCUT2D eigenvalue weighted by molar-refractivity contribution is 9.10. The van der Waals surface area contributed by atoms with Gasteiger partial charge in [-0.05, 0) is 47.0 Å². The zero-order valence-corrected chi connectivity index (χ0v) is 14.5. The summed E-state index contributed by atoms with van der Waals surface area (Å²) >= 11 is 3.43. The third kappa shape index (κ3) is 4.25. The Morgan fingerprint density at radius 2 is 2.19 bits per heavy atom. The second-order valence-corrected chi connectivity index (χ2v) is 6.02. The standard InChI is InChI=1S/C14H19BrN2O3.ClH/c1-3-4-14(2,16)13(18)17-7-9-5-10(15)12-11(6-9)19-8-20-12;/h5-6H,3-4,7-8,16H2,1-2H3,(H,17,18);1H. The number of carbonyl (C=O) groups excluding carboxylic acids is 1. The van der Waals surface area contributed by atoms with Crippen molar-refractivity contribution in [2.45, 2.75) is 38.8 Å². The predicted molar refractivity (Wildman–Crippen MR) is 86.9 cm³/mol. The van der Waals surface area contributed by atoms with E-state index in [0.717, 1.165) is 16.5 Å². The molecule has 0 saturated heterocycles. The van der Waals surface area contributed by atoms with Crippen LogP contribution >= 0.6 is 28.3 Å². The molecule has 0 spiro atoms. The summed E-state index contributed by atoms with van der Waals surface area (Å²) in [5, 5.41) is 2.86. The maximum atomic E-state index is 12.0. The number of fused-ring (bicyclic) bond motifs is 1. The first-order valence-corrected chi connectivity index (χ1v) is 7.38. The van der Waals surface area contributed by atoms with Crippen LogP contribution in [0.25, 0.3) is 0 Å². The third-order valence-corrected chi connectivity index (χ3v) is 3.82. The molecule has 1 amide bonds. The van der Waals surface area contributed by atoms with Gasteiger partial charge in [-0.15, -0.1) is 12.4 Å². The van der Waals surface area contributed by atoms with Gasteiger partial charge in [-0.1, -0.05) is 13.3 Å². The molecule has 3 N–H and O–H groups in total. The number of rotatable bonds is 5. The highest BCUT2D eigenvalue weighted by atomic mass is 79.9. The van der Waals surface area contributed by atoms with E-state index in [-0.39, 0.29) is 25.1 Å². The van der Waals surface area contributed by atoms with E-state index in [0.29, 0.717) is 24.5 Å². The van der Waals surface area contributed by atoms with Gasteiger partial charge in [-0.2, -0.15) is 0 Å². The Bertz CT molecular complexity index is 523. The van der Waals surface area contributed by atoms with Gasteiger partial charge in [0.05, 0.1) is 10.0 Å². The lowest BCUT2D eigenvalue weighted by Crippen LogP contribution is -2.51. The van der Waals surface area contributed by atoms with Crippen LogP contribution in [0.3, 0.4) is 0 Å². The fraction of sp³-hybridized carbons (Fsp3) is 0.500. The van der Waals surface area contributed by atoms with Crippen molar-refractivity contribution in [2.75, 3.05) is 6.79 Å². The second-order valence-electron chi connectivity index (χ2n) is 5.16. The highest BCUT2D eigenvalue weighted by Crippen LogP contribution is 2.39. The Labute approximate surface area is 139 Å². The zero-order chi connectivity index (χ0) is 14.8. The predicted octanol–water partition coefficient (Wildman–Crippen LogP) is 2.73. The molecule has 5 nitrogen and oxygen atoms in total. The van der Waals surface area contributed by atoms with Crippen LogP contribution in [-0.2, 0) is 11.3 Å². The lowest BCUT2D eigenvalue weighted by Gasteiger charge is -2.22. The summed E-state index contributed by atoms with van der Waals surface area (Å²) in [6.07, 6.45) is 1.53. The topological polar surface area (TPSA) is 73.6 Å². The maximum absolute atomic E-state index is 12.0. The molecule has 0 aliphatic carbocycles. The summed E-state index contributed by atoms with van der Waals surface area (Å²) < 4.78 is 11.5. The average Bonchev–Trinajstić information content (AvgIpc) is 2.84. The number of ether oxygens (including phenoxy) is 2. The molecule has 118 valence electrons. The van der Waals surface area contributed by atoms with Gasteiger partial charge < -0.3 is 20.5 Å². The van der Waals surface area contributed by atoms with Gasteiger partial charge in [0.2, 0.25) is 12.7 Å². The van der Waals surface area contributed by atoms with Crippen molar-refractivity contribution in [3.63, 3.8) is 0 Å². The summed E-state index contributed by atoms with van der Waals surface area (Å²) in [6, 6.07) is 3.77. The van der Waals surface area contributed by atoms with E-state index in [1.807, 2.05) is 19.1 Å². The van der Waals surface area contributed by atoms with E-state index in [1.165, 1.54) is 0 Å². The largest absolute Gasteiger partial charge is 0.454 e. The Balaban J connectivity index is 0.00000220. The molecule has 21 heavy (non-hydrogen) atoms. The van der Waals surface area contributed by atoms with Gasteiger partial charge in [0.25, 0.3) is 0 Å². The minimum atomic E-state index is -0.831. The van der Waals surface area contributed by atoms with Crippen molar-refractivity contribution >= 4 is 34.2 Å². The molecule has 0 radical (unpaired) electrons. The van der Waals surface area contributed by atoms with Gasteiger partial charge in [0, 0.05) is 6.54 Å². The number of nitrogens with two attached hydrogens (primary N) is 1. The summed E-state index contributed by atoms with van der Waals surface area (Å²) in [5.74, 6) is 1.25. The highest BCUT2D eigenvalue weighted by Gasteiger charge is 2.27. The minimum Gasteiger partial charge on any atom is -0.454 e. The van der Waals surface area contributed by atoms with E-state index in [2.05, 4.69) is 21.2 Å². The van der Waals surface area contributed by atoms with Gasteiger partial charge in [-0.3, -0.25) is 4.79 Å². The van der Waals surface area contributed by atoms with Crippen molar-refractivity contribution in [1.82, 2.24) is 5.32 Å².